The Balaban J connectivity index is 1.66. The maximum atomic E-state index is 12.9. The Labute approximate surface area is 178 Å². The first-order valence-electron chi connectivity index (χ1n) is 8.83. The van der Waals surface area contributed by atoms with Gasteiger partial charge in [-0.3, -0.25) is 9.10 Å². The Morgan fingerprint density at radius 2 is 1.80 bits per heavy atom. The van der Waals surface area contributed by atoms with Crippen LogP contribution < -0.4 is 9.62 Å². The van der Waals surface area contributed by atoms with E-state index >= 15 is 0 Å². The summed E-state index contributed by atoms with van der Waals surface area (Å²) in [6.07, 6.45) is 1.13. The number of hydrogen-bond acceptors (Lipinski definition) is 6. The fourth-order valence-electron chi connectivity index (χ4n) is 2.59. The number of benzene rings is 2. The molecule has 158 valence electrons. The Bertz CT molecular complexity index is 1120. The molecule has 3 rings (SSSR count). The molecule has 2 aromatic carbocycles. The van der Waals surface area contributed by atoms with E-state index in [1.165, 1.54) is 28.6 Å². The molecule has 8 nitrogen and oxygen atoms in total. The number of aromatic nitrogens is 3. The first kappa shape index (κ1) is 21.8. The van der Waals surface area contributed by atoms with E-state index < -0.39 is 10.0 Å². The van der Waals surface area contributed by atoms with Crippen LogP contribution in [0.15, 0.2) is 59.8 Å². The zero-order chi connectivity index (χ0) is 21.7. The van der Waals surface area contributed by atoms with Crippen LogP contribution in [-0.4, -0.2) is 41.1 Å². The lowest BCUT2D eigenvalue weighted by Gasteiger charge is -2.21. The summed E-state index contributed by atoms with van der Waals surface area (Å²) in [7, 11) is -1.82. The molecule has 0 aliphatic carbocycles. The van der Waals surface area contributed by atoms with Gasteiger partial charge in [-0.15, -0.1) is 10.2 Å². The summed E-state index contributed by atoms with van der Waals surface area (Å²) in [4.78, 5) is 12.1. The molecule has 0 aliphatic rings. The third-order valence-electron chi connectivity index (χ3n) is 4.11. The highest BCUT2D eigenvalue weighted by atomic mass is 32.2. The van der Waals surface area contributed by atoms with Crippen LogP contribution in [0.1, 0.15) is 5.82 Å². The van der Waals surface area contributed by atoms with Gasteiger partial charge in [0.2, 0.25) is 15.9 Å². The number of carbonyl (C=O) groups excluding carboxylic acids is 1. The maximum absolute atomic E-state index is 12.9. The molecule has 3 aromatic rings. The van der Waals surface area contributed by atoms with Crippen LogP contribution in [0.4, 0.5) is 15.8 Å². The minimum Gasteiger partial charge on any atom is -0.325 e. The molecule has 0 saturated heterocycles. The van der Waals surface area contributed by atoms with E-state index in [0.717, 1.165) is 18.0 Å². The normalized spacial score (nSPS) is 11.3. The number of nitrogens with one attached hydrogen (secondary N) is 1. The molecule has 1 amide bonds. The Kier molecular flexibility index (Phi) is 6.73. The molecule has 0 atom stereocenters. The molecule has 0 fully saturated rings. The number of halogens is 1. The number of para-hydroxylation sites is 1. The monoisotopic (exact) mass is 449 g/mol. The summed E-state index contributed by atoms with van der Waals surface area (Å²) in [5, 5.41) is 11.3. The van der Waals surface area contributed by atoms with Gasteiger partial charge in [-0.2, -0.15) is 0 Å². The number of amides is 1. The van der Waals surface area contributed by atoms with Crippen LogP contribution in [0.25, 0.3) is 0 Å². The molecule has 0 saturated carbocycles. The molecule has 1 aromatic heterocycles. The molecule has 11 heteroatoms. The van der Waals surface area contributed by atoms with Crippen LogP contribution in [-0.2, 0) is 28.4 Å². The van der Waals surface area contributed by atoms with E-state index in [0.29, 0.717) is 22.4 Å². The molecule has 0 bridgehead atoms. The van der Waals surface area contributed by atoms with E-state index in [-0.39, 0.29) is 24.0 Å². The van der Waals surface area contributed by atoms with Gasteiger partial charge in [-0.05, 0) is 36.4 Å². The van der Waals surface area contributed by atoms with Crippen molar-refractivity contribution in [2.75, 3.05) is 21.6 Å². The summed E-state index contributed by atoms with van der Waals surface area (Å²) in [5.74, 6) is -0.158. The average Bonchev–Trinajstić information content (AvgIpc) is 3.05. The first-order chi connectivity index (χ1) is 14.2. The molecule has 1 N–H and O–H groups in total. The summed E-state index contributed by atoms with van der Waals surface area (Å²) in [6, 6.07) is 14.2. The second kappa shape index (κ2) is 9.26. The zero-order valence-corrected chi connectivity index (χ0v) is 18.0. The lowest BCUT2D eigenvalue weighted by atomic mass is 10.3. The van der Waals surface area contributed by atoms with Crippen molar-refractivity contribution in [2.45, 2.75) is 11.7 Å². The number of anilines is 2. The van der Waals surface area contributed by atoms with Crippen molar-refractivity contribution in [2.24, 2.45) is 7.05 Å². The predicted molar refractivity (Wildman–Crippen MR) is 114 cm³/mol. The van der Waals surface area contributed by atoms with Gasteiger partial charge in [0.25, 0.3) is 0 Å². The highest BCUT2D eigenvalue weighted by molar-refractivity contribution is 7.99. The minimum absolute atomic E-state index is 0.00861. The van der Waals surface area contributed by atoms with Crippen LogP contribution in [0.2, 0.25) is 0 Å². The standard InChI is InChI=1S/C19H20FN5O3S2/c1-24-17(12-25(30(2,27)28)16-6-4-3-5-7-16)22-23-19(24)29-13-18(26)21-15-10-8-14(20)9-11-15/h3-11H,12-13H2,1-2H3,(H,21,26). The predicted octanol–water partition coefficient (Wildman–Crippen LogP) is 2.65. The fourth-order valence-corrected chi connectivity index (χ4v) is 4.18. The lowest BCUT2D eigenvalue weighted by Crippen LogP contribution is -2.30. The summed E-state index contributed by atoms with van der Waals surface area (Å²) in [5.41, 5.74) is 1.02. The second-order valence-corrected chi connectivity index (χ2v) is 9.26. The van der Waals surface area contributed by atoms with Crippen molar-refractivity contribution in [1.82, 2.24) is 14.8 Å². The van der Waals surface area contributed by atoms with E-state index in [9.17, 15) is 17.6 Å². The van der Waals surface area contributed by atoms with Gasteiger partial charge in [-0.1, -0.05) is 30.0 Å². The fraction of sp³-hybridized carbons (Fsp3) is 0.211. The number of hydrogen-bond donors (Lipinski definition) is 1. The Morgan fingerprint density at radius 3 is 2.43 bits per heavy atom. The zero-order valence-electron chi connectivity index (χ0n) is 16.3. The number of nitrogens with zero attached hydrogens (tertiary/aromatic N) is 4. The largest absolute Gasteiger partial charge is 0.325 e. The van der Waals surface area contributed by atoms with Gasteiger partial charge in [0.1, 0.15) is 5.82 Å². The average molecular weight is 450 g/mol. The summed E-state index contributed by atoms with van der Waals surface area (Å²) >= 11 is 1.16. The maximum Gasteiger partial charge on any atom is 0.234 e. The van der Waals surface area contributed by atoms with Crippen LogP contribution in [0.3, 0.4) is 0 Å². The molecule has 0 unspecified atom stereocenters. The molecule has 0 spiro atoms. The van der Waals surface area contributed by atoms with E-state index in [1.807, 2.05) is 0 Å². The van der Waals surface area contributed by atoms with E-state index in [1.54, 1.807) is 41.9 Å². The molecular formula is C19H20FN5O3S2. The van der Waals surface area contributed by atoms with E-state index in [4.69, 9.17) is 0 Å². The van der Waals surface area contributed by atoms with Crippen LogP contribution >= 0.6 is 11.8 Å². The molecule has 1 heterocycles. The van der Waals surface area contributed by atoms with Crippen molar-refractivity contribution in [3.05, 3.63) is 66.2 Å². The van der Waals surface area contributed by atoms with Gasteiger partial charge in [0.15, 0.2) is 11.0 Å². The van der Waals surface area contributed by atoms with Gasteiger partial charge in [-0.25, -0.2) is 12.8 Å². The smallest absolute Gasteiger partial charge is 0.234 e. The highest BCUT2D eigenvalue weighted by Gasteiger charge is 2.21. The third-order valence-corrected chi connectivity index (χ3v) is 6.28. The van der Waals surface area contributed by atoms with Crippen molar-refractivity contribution >= 4 is 39.1 Å². The van der Waals surface area contributed by atoms with Gasteiger partial charge in [0.05, 0.1) is 24.2 Å². The Morgan fingerprint density at radius 1 is 1.13 bits per heavy atom. The summed E-state index contributed by atoms with van der Waals surface area (Å²) < 4.78 is 40.3. The second-order valence-electron chi connectivity index (χ2n) is 6.41. The van der Waals surface area contributed by atoms with Crippen LogP contribution in [0, 0.1) is 5.82 Å². The number of sulfonamides is 1. The highest BCUT2D eigenvalue weighted by Crippen LogP contribution is 2.22. The third kappa shape index (κ3) is 5.57. The topological polar surface area (TPSA) is 97.2 Å². The number of rotatable bonds is 8. The first-order valence-corrected chi connectivity index (χ1v) is 11.7. The van der Waals surface area contributed by atoms with Crippen molar-refractivity contribution in [1.29, 1.82) is 0 Å². The number of carbonyl (C=O) groups is 1. The van der Waals surface area contributed by atoms with Gasteiger partial charge < -0.3 is 9.88 Å². The lowest BCUT2D eigenvalue weighted by molar-refractivity contribution is -0.113. The van der Waals surface area contributed by atoms with Crippen molar-refractivity contribution in [3.63, 3.8) is 0 Å². The quantitative estimate of drug-likeness (QED) is 0.531. The molecule has 0 radical (unpaired) electrons. The van der Waals surface area contributed by atoms with Gasteiger partial charge in [0, 0.05) is 12.7 Å². The van der Waals surface area contributed by atoms with Crippen LogP contribution in [0.5, 0.6) is 0 Å². The van der Waals surface area contributed by atoms with E-state index in [2.05, 4.69) is 15.5 Å². The number of thioether (sulfide) groups is 1. The summed E-state index contributed by atoms with van der Waals surface area (Å²) in [6.45, 7) is 0.00861. The molecule has 30 heavy (non-hydrogen) atoms. The Hall–Kier alpha value is -2.92. The van der Waals surface area contributed by atoms with Gasteiger partial charge >= 0.3 is 0 Å². The minimum atomic E-state index is -3.53. The van der Waals surface area contributed by atoms with Crippen molar-refractivity contribution in [3.8, 4) is 0 Å². The molecule has 0 aliphatic heterocycles. The SMILES string of the molecule is Cn1c(CN(c2ccccc2)S(C)(=O)=O)nnc1SCC(=O)Nc1ccc(F)cc1. The molecular weight excluding hydrogens is 429 g/mol. The van der Waals surface area contributed by atoms with Crippen molar-refractivity contribution < 1.29 is 17.6 Å².